The van der Waals surface area contributed by atoms with Crippen molar-refractivity contribution in [2.75, 3.05) is 0 Å². The van der Waals surface area contributed by atoms with E-state index in [-0.39, 0.29) is 17.8 Å². The van der Waals surface area contributed by atoms with E-state index in [4.69, 9.17) is 4.74 Å². The van der Waals surface area contributed by atoms with E-state index in [1.54, 1.807) is 54.2 Å². The fourth-order valence-electron chi connectivity index (χ4n) is 2.28. The van der Waals surface area contributed by atoms with E-state index < -0.39 is 0 Å². The fourth-order valence-corrected chi connectivity index (χ4v) is 2.96. The van der Waals surface area contributed by atoms with Crippen molar-refractivity contribution in [2.24, 2.45) is 0 Å². The van der Waals surface area contributed by atoms with Crippen LogP contribution in [0.2, 0.25) is 0 Å². The molecule has 0 spiro atoms. The van der Waals surface area contributed by atoms with Gasteiger partial charge >= 0.3 is 0 Å². The van der Waals surface area contributed by atoms with Gasteiger partial charge in [-0.05, 0) is 60.0 Å². The number of amides is 1. The number of nitrogens with zero attached hydrogens (tertiary/aromatic N) is 2. The molecule has 0 fully saturated rings. The van der Waals surface area contributed by atoms with E-state index in [2.05, 4.69) is 26.7 Å². The number of aromatic nitrogens is 2. The molecule has 24 heavy (non-hydrogen) atoms. The molecule has 3 heterocycles. The highest BCUT2D eigenvalue weighted by molar-refractivity contribution is 7.07. The molecule has 0 radical (unpaired) electrons. The molecule has 1 amide bonds. The third-order valence-corrected chi connectivity index (χ3v) is 4.10. The van der Waals surface area contributed by atoms with Crippen molar-refractivity contribution in [1.82, 2.24) is 15.3 Å². The van der Waals surface area contributed by atoms with Crippen LogP contribution in [0.15, 0.2) is 59.7 Å². The minimum atomic E-state index is -0.204. The molecule has 0 aliphatic rings. The van der Waals surface area contributed by atoms with Crippen molar-refractivity contribution < 1.29 is 9.53 Å². The summed E-state index contributed by atoms with van der Waals surface area (Å²) in [6.45, 7) is 1.98. The molecule has 1 atom stereocenters. The monoisotopic (exact) mass is 339 g/mol. The van der Waals surface area contributed by atoms with Gasteiger partial charge in [-0.1, -0.05) is 0 Å². The number of pyridine rings is 2. The van der Waals surface area contributed by atoms with E-state index in [1.807, 2.05) is 12.3 Å². The lowest BCUT2D eigenvalue weighted by Gasteiger charge is -2.15. The second kappa shape index (κ2) is 7.70. The summed E-state index contributed by atoms with van der Waals surface area (Å²) in [4.78, 5) is 20.7. The number of thiophene rings is 1. The summed E-state index contributed by atoms with van der Waals surface area (Å²) in [7, 11) is 0. The van der Waals surface area contributed by atoms with Gasteiger partial charge in [0.05, 0.1) is 6.20 Å². The largest absolute Gasteiger partial charge is 0.437 e. The molecule has 122 valence electrons. The van der Waals surface area contributed by atoms with Crippen molar-refractivity contribution in [3.8, 4) is 11.6 Å². The van der Waals surface area contributed by atoms with Gasteiger partial charge in [0.1, 0.15) is 11.3 Å². The zero-order chi connectivity index (χ0) is 16.8. The van der Waals surface area contributed by atoms with Crippen LogP contribution in [0.5, 0.6) is 11.6 Å². The smallest absolute Gasteiger partial charge is 0.257 e. The van der Waals surface area contributed by atoms with Crippen molar-refractivity contribution in [3.05, 3.63) is 70.8 Å². The van der Waals surface area contributed by atoms with Crippen molar-refractivity contribution >= 4 is 17.2 Å². The zero-order valence-corrected chi connectivity index (χ0v) is 14.0. The number of hydrogen-bond acceptors (Lipinski definition) is 5. The van der Waals surface area contributed by atoms with Crippen LogP contribution < -0.4 is 10.1 Å². The lowest BCUT2D eigenvalue weighted by atomic mass is 10.1. The van der Waals surface area contributed by atoms with Crippen molar-refractivity contribution in [2.45, 2.75) is 19.4 Å². The van der Waals surface area contributed by atoms with Gasteiger partial charge in [0.15, 0.2) is 0 Å². The number of ether oxygens (including phenoxy) is 1. The first kappa shape index (κ1) is 16.1. The van der Waals surface area contributed by atoms with Gasteiger partial charge in [-0.3, -0.25) is 9.78 Å². The van der Waals surface area contributed by atoms with Crippen LogP contribution in [0.4, 0.5) is 0 Å². The number of carbonyl (C=O) groups excluding carboxylic acids is 1. The molecule has 0 bridgehead atoms. The van der Waals surface area contributed by atoms with Crippen LogP contribution in [-0.2, 0) is 6.42 Å². The second-order valence-corrected chi connectivity index (χ2v) is 6.14. The number of hydrogen-bond donors (Lipinski definition) is 1. The van der Waals surface area contributed by atoms with Gasteiger partial charge < -0.3 is 10.1 Å². The van der Waals surface area contributed by atoms with Gasteiger partial charge in [0.25, 0.3) is 5.91 Å². The third kappa shape index (κ3) is 4.17. The van der Waals surface area contributed by atoms with E-state index >= 15 is 0 Å². The SMILES string of the molecule is C[C@H](Cc1ccsc1)NC(=O)c1cccnc1Oc1cccnc1. The van der Waals surface area contributed by atoms with Gasteiger partial charge in [-0.15, -0.1) is 0 Å². The number of carbonyl (C=O) groups is 1. The first-order valence-electron chi connectivity index (χ1n) is 7.57. The van der Waals surface area contributed by atoms with Crippen LogP contribution in [0.3, 0.4) is 0 Å². The van der Waals surface area contributed by atoms with Gasteiger partial charge in [-0.2, -0.15) is 11.3 Å². The minimum absolute atomic E-state index is 0.0125. The first-order chi connectivity index (χ1) is 11.7. The Labute approximate surface area is 144 Å². The average molecular weight is 339 g/mol. The maximum atomic E-state index is 12.6. The van der Waals surface area contributed by atoms with Crippen molar-refractivity contribution in [1.29, 1.82) is 0 Å². The molecule has 0 aliphatic carbocycles. The predicted octanol–water partition coefficient (Wildman–Crippen LogP) is 3.69. The molecular weight excluding hydrogens is 322 g/mol. The number of rotatable bonds is 6. The summed E-state index contributed by atoms with van der Waals surface area (Å²) < 4.78 is 5.69. The summed E-state index contributed by atoms with van der Waals surface area (Å²) in [5.41, 5.74) is 1.62. The van der Waals surface area contributed by atoms with Crippen LogP contribution in [0.1, 0.15) is 22.8 Å². The Bertz CT molecular complexity index is 791. The van der Waals surface area contributed by atoms with Crippen LogP contribution in [-0.4, -0.2) is 21.9 Å². The Balaban J connectivity index is 1.70. The summed E-state index contributed by atoms with van der Waals surface area (Å²) >= 11 is 1.65. The highest BCUT2D eigenvalue weighted by atomic mass is 32.1. The molecule has 5 nitrogen and oxygen atoms in total. The van der Waals surface area contributed by atoms with E-state index in [0.29, 0.717) is 11.3 Å². The van der Waals surface area contributed by atoms with Gasteiger partial charge in [-0.25, -0.2) is 4.98 Å². The summed E-state index contributed by atoms with van der Waals surface area (Å²) in [5, 5.41) is 7.11. The highest BCUT2D eigenvalue weighted by Crippen LogP contribution is 2.22. The van der Waals surface area contributed by atoms with Crippen LogP contribution >= 0.6 is 11.3 Å². The first-order valence-corrected chi connectivity index (χ1v) is 8.51. The maximum Gasteiger partial charge on any atom is 0.257 e. The van der Waals surface area contributed by atoms with E-state index in [9.17, 15) is 4.79 Å². The van der Waals surface area contributed by atoms with Crippen molar-refractivity contribution in [3.63, 3.8) is 0 Å². The molecule has 3 aromatic rings. The quantitative estimate of drug-likeness (QED) is 0.744. The molecule has 3 rings (SSSR count). The standard InChI is InChI=1S/C18H17N3O2S/c1-13(10-14-6-9-24-12-14)21-17(22)16-5-3-8-20-18(16)23-15-4-2-7-19-11-15/h2-9,11-13H,10H2,1H3,(H,21,22)/t13-/m1/s1. The fraction of sp³-hybridized carbons (Fsp3) is 0.167. The Morgan fingerprint density at radius 1 is 1.29 bits per heavy atom. The topological polar surface area (TPSA) is 64.1 Å². The number of nitrogens with one attached hydrogen (secondary N) is 1. The average Bonchev–Trinajstić information content (AvgIpc) is 3.09. The Morgan fingerprint density at radius 3 is 2.92 bits per heavy atom. The summed E-state index contributed by atoms with van der Waals surface area (Å²) in [6, 6.07) is 9.02. The third-order valence-electron chi connectivity index (χ3n) is 3.36. The van der Waals surface area contributed by atoms with E-state index in [0.717, 1.165) is 6.42 Å². The molecule has 0 saturated heterocycles. The second-order valence-electron chi connectivity index (χ2n) is 5.36. The maximum absolute atomic E-state index is 12.6. The molecule has 0 unspecified atom stereocenters. The lowest BCUT2D eigenvalue weighted by Crippen LogP contribution is -2.34. The molecule has 0 aromatic carbocycles. The Kier molecular flexibility index (Phi) is 5.18. The Hall–Kier alpha value is -2.73. The Morgan fingerprint density at radius 2 is 2.17 bits per heavy atom. The van der Waals surface area contributed by atoms with E-state index in [1.165, 1.54) is 5.56 Å². The van der Waals surface area contributed by atoms with Gasteiger partial charge in [0, 0.05) is 18.4 Å². The molecule has 6 heteroatoms. The summed E-state index contributed by atoms with van der Waals surface area (Å²) in [5.74, 6) is 0.604. The summed E-state index contributed by atoms with van der Waals surface area (Å²) in [6.07, 6.45) is 5.62. The highest BCUT2D eigenvalue weighted by Gasteiger charge is 2.16. The minimum Gasteiger partial charge on any atom is -0.437 e. The van der Waals surface area contributed by atoms with Crippen LogP contribution in [0, 0.1) is 0 Å². The molecular formula is C18H17N3O2S. The molecule has 3 aromatic heterocycles. The van der Waals surface area contributed by atoms with Gasteiger partial charge in [0.2, 0.25) is 5.88 Å². The van der Waals surface area contributed by atoms with Crippen LogP contribution in [0.25, 0.3) is 0 Å². The molecule has 0 saturated carbocycles. The molecule has 0 aliphatic heterocycles. The molecule has 1 N–H and O–H groups in total. The normalized spacial score (nSPS) is 11.7. The predicted molar refractivity (Wildman–Crippen MR) is 93.5 cm³/mol. The lowest BCUT2D eigenvalue weighted by molar-refractivity contribution is 0.0937. The zero-order valence-electron chi connectivity index (χ0n) is 13.2.